The number of ether oxygens (including phenoxy) is 1. The Kier molecular flexibility index (Phi) is 5.61. The van der Waals surface area contributed by atoms with Crippen LogP contribution in [0.2, 0.25) is 0 Å². The molecule has 0 aromatic carbocycles. The van der Waals surface area contributed by atoms with Crippen molar-refractivity contribution in [2.24, 2.45) is 0 Å². The Bertz CT molecular complexity index is 395. The van der Waals surface area contributed by atoms with Gasteiger partial charge in [0.05, 0.1) is 6.61 Å². The average Bonchev–Trinajstić information content (AvgIpc) is 2.41. The number of carbonyl (C=O) groups is 2. The molecule has 1 aliphatic rings. The van der Waals surface area contributed by atoms with Crippen LogP contribution in [0.1, 0.15) is 40.0 Å². The normalized spacial score (nSPS) is 22.4. The fourth-order valence-corrected chi connectivity index (χ4v) is 2.58. The van der Waals surface area contributed by atoms with Gasteiger partial charge in [-0.15, -0.1) is 13.2 Å². The van der Waals surface area contributed by atoms with Gasteiger partial charge in [0.25, 0.3) is 0 Å². The van der Waals surface area contributed by atoms with E-state index in [1.807, 2.05) is 0 Å². The van der Waals surface area contributed by atoms with Crippen molar-refractivity contribution < 1.29 is 27.5 Å². The topological polar surface area (TPSA) is 58.6 Å². The van der Waals surface area contributed by atoms with Gasteiger partial charge in [0.1, 0.15) is 11.6 Å². The molecule has 1 aliphatic heterocycles. The smallest absolute Gasteiger partial charge is 0.340 e. The molecule has 0 spiro atoms. The first-order chi connectivity index (χ1) is 9.70. The summed E-state index contributed by atoms with van der Waals surface area (Å²) in [5.41, 5.74) is -1.03. The van der Waals surface area contributed by atoms with E-state index in [1.165, 1.54) is 4.90 Å². The third-order valence-corrected chi connectivity index (χ3v) is 3.90. The maximum absolute atomic E-state index is 12.6. The van der Waals surface area contributed by atoms with Gasteiger partial charge in [0.2, 0.25) is 11.8 Å². The molecular formula is C13H21F3N2O3. The number of amides is 2. The molecule has 8 heteroatoms. The van der Waals surface area contributed by atoms with Crippen LogP contribution in [0.5, 0.6) is 0 Å². The SMILES string of the molecule is CCC1C(=O)NC(CC)(CC)C(=O)N1CCOC(F)(F)F. The zero-order valence-electron chi connectivity index (χ0n) is 12.4. The van der Waals surface area contributed by atoms with E-state index >= 15 is 0 Å². The van der Waals surface area contributed by atoms with Crippen molar-refractivity contribution in [2.75, 3.05) is 13.2 Å². The lowest BCUT2D eigenvalue weighted by atomic mass is 9.86. The summed E-state index contributed by atoms with van der Waals surface area (Å²) in [6, 6.07) is -0.749. The number of piperazine rings is 1. The summed E-state index contributed by atoms with van der Waals surface area (Å²) in [4.78, 5) is 25.9. The van der Waals surface area contributed by atoms with Gasteiger partial charge in [0, 0.05) is 6.54 Å². The number of rotatable bonds is 6. The monoisotopic (exact) mass is 310 g/mol. The number of nitrogens with one attached hydrogen (secondary N) is 1. The molecule has 1 unspecified atom stereocenters. The molecule has 1 saturated heterocycles. The molecule has 21 heavy (non-hydrogen) atoms. The highest BCUT2D eigenvalue weighted by Gasteiger charge is 2.48. The summed E-state index contributed by atoms with van der Waals surface area (Å²) in [5.74, 6) is -0.669. The summed E-state index contributed by atoms with van der Waals surface area (Å²) in [6.07, 6.45) is -3.62. The predicted molar refractivity (Wildman–Crippen MR) is 69.3 cm³/mol. The Balaban J connectivity index is 2.89. The van der Waals surface area contributed by atoms with Crippen LogP contribution in [0.4, 0.5) is 13.2 Å². The van der Waals surface area contributed by atoms with Crippen molar-refractivity contribution in [3.05, 3.63) is 0 Å². The summed E-state index contributed by atoms with van der Waals surface area (Å²) >= 11 is 0. The fraction of sp³-hybridized carbons (Fsp3) is 0.846. The van der Waals surface area contributed by atoms with Crippen molar-refractivity contribution in [2.45, 2.75) is 58.0 Å². The van der Waals surface area contributed by atoms with Gasteiger partial charge in [-0.05, 0) is 19.3 Å². The van der Waals surface area contributed by atoms with E-state index in [0.717, 1.165) is 0 Å². The van der Waals surface area contributed by atoms with Gasteiger partial charge in [-0.25, -0.2) is 0 Å². The molecule has 0 aromatic heterocycles. The van der Waals surface area contributed by atoms with Crippen molar-refractivity contribution in [1.82, 2.24) is 10.2 Å². The highest BCUT2D eigenvalue weighted by Crippen LogP contribution is 2.26. The van der Waals surface area contributed by atoms with E-state index in [0.29, 0.717) is 19.3 Å². The first-order valence-electron chi connectivity index (χ1n) is 7.04. The second kappa shape index (κ2) is 6.64. The number of nitrogens with zero attached hydrogens (tertiary/aromatic N) is 1. The highest BCUT2D eigenvalue weighted by atomic mass is 19.4. The maximum atomic E-state index is 12.6. The quantitative estimate of drug-likeness (QED) is 0.814. The lowest BCUT2D eigenvalue weighted by Gasteiger charge is -2.45. The minimum atomic E-state index is -4.74. The van der Waals surface area contributed by atoms with Crippen molar-refractivity contribution in [1.29, 1.82) is 0 Å². The third kappa shape index (κ3) is 3.87. The molecule has 0 aromatic rings. The van der Waals surface area contributed by atoms with Crippen molar-refractivity contribution >= 4 is 11.8 Å². The van der Waals surface area contributed by atoms with Crippen LogP contribution in [0, 0.1) is 0 Å². The second-order valence-electron chi connectivity index (χ2n) is 5.00. The van der Waals surface area contributed by atoms with Gasteiger partial charge in [-0.3, -0.25) is 14.3 Å². The van der Waals surface area contributed by atoms with E-state index in [9.17, 15) is 22.8 Å². The average molecular weight is 310 g/mol. The van der Waals surface area contributed by atoms with E-state index in [4.69, 9.17) is 0 Å². The van der Waals surface area contributed by atoms with Crippen LogP contribution in [0.15, 0.2) is 0 Å². The van der Waals surface area contributed by atoms with Crippen LogP contribution < -0.4 is 5.32 Å². The first-order valence-corrected chi connectivity index (χ1v) is 7.04. The zero-order valence-corrected chi connectivity index (χ0v) is 12.4. The largest absolute Gasteiger partial charge is 0.522 e. The van der Waals surface area contributed by atoms with Gasteiger partial charge < -0.3 is 10.2 Å². The molecule has 1 atom stereocenters. The predicted octanol–water partition coefficient (Wildman–Crippen LogP) is 1.82. The number of hydrogen-bond donors (Lipinski definition) is 1. The van der Waals surface area contributed by atoms with Crippen LogP contribution in [-0.4, -0.2) is 47.8 Å². The molecule has 1 N–H and O–H groups in total. The van der Waals surface area contributed by atoms with Gasteiger partial charge in [-0.2, -0.15) is 0 Å². The standard InChI is InChI=1S/C13H21F3N2O3/c1-4-9-10(19)17-12(5-2,6-3)11(20)18(9)7-8-21-13(14,15)16/h9H,4-8H2,1-3H3,(H,17,19). The molecule has 122 valence electrons. The van der Waals surface area contributed by atoms with Gasteiger partial charge >= 0.3 is 6.36 Å². The number of carbonyl (C=O) groups excluding carboxylic acids is 2. The Labute approximate surface area is 121 Å². The van der Waals surface area contributed by atoms with Gasteiger partial charge in [0.15, 0.2) is 0 Å². The Hall–Kier alpha value is -1.31. The van der Waals surface area contributed by atoms with Gasteiger partial charge in [-0.1, -0.05) is 20.8 Å². The molecular weight excluding hydrogens is 289 g/mol. The summed E-state index contributed by atoms with van der Waals surface area (Å²) in [5, 5.41) is 2.72. The molecule has 1 heterocycles. The van der Waals surface area contributed by atoms with Crippen LogP contribution in [0.3, 0.4) is 0 Å². The van der Waals surface area contributed by atoms with Crippen LogP contribution in [-0.2, 0) is 14.3 Å². The molecule has 1 rings (SSSR count). The highest BCUT2D eigenvalue weighted by molar-refractivity contribution is 5.99. The summed E-state index contributed by atoms with van der Waals surface area (Å²) in [7, 11) is 0. The zero-order chi connectivity index (χ0) is 16.3. The first kappa shape index (κ1) is 17.7. The molecule has 0 radical (unpaired) electrons. The fourth-order valence-electron chi connectivity index (χ4n) is 2.58. The van der Waals surface area contributed by atoms with E-state index in [2.05, 4.69) is 10.1 Å². The molecule has 5 nitrogen and oxygen atoms in total. The Morgan fingerprint density at radius 1 is 1.24 bits per heavy atom. The van der Waals surface area contributed by atoms with Crippen LogP contribution >= 0.6 is 0 Å². The van der Waals surface area contributed by atoms with Crippen molar-refractivity contribution in [3.8, 4) is 0 Å². The lowest BCUT2D eigenvalue weighted by Crippen LogP contribution is -2.70. The Morgan fingerprint density at radius 2 is 1.81 bits per heavy atom. The van der Waals surface area contributed by atoms with E-state index in [-0.39, 0.29) is 18.4 Å². The minimum absolute atomic E-state index is 0.258. The van der Waals surface area contributed by atoms with Crippen molar-refractivity contribution in [3.63, 3.8) is 0 Å². The van der Waals surface area contributed by atoms with Crippen LogP contribution in [0.25, 0.3) is 0 Å². The molecule has 0 bridgehead atoms. The maximum Gasteiger partial charge on any atom is 0.522 e. The molecule has 0 saturated carbocycles. The molecule has 1 fully saturated rings. The number of alkyl halides is 3. The number of hydrogen-bond acceptors (Lipinski definition) is 3. The summed E-state index contributed by atoms with van der Waals surface area (Å²) in [6.45, 7) is 4.30. The summed E-state index contributed by atoms with van der Waals surface area (Å²) < 4.78 is 39.8. The van der Waals surface area contributed by atoms with E-state index in [1.54, 1.807) is 20.8 Å². The lowest BCUT2D eigenvalue weighted by molar-refractivity contribution is -0.325. The molecule has 2 amide bonds. The number of halogens is 3. The molecule has 0 aliphatic carbocycles. The second-order valence-corrected chi connectivity index (χ2v) is 5.00. The minimum Gasteiger partial charge on any atom is -0.340 e. The third-order valence-electron chi connectivity index (χ3n) is 3.90. The van der Waals surface area contributed by atoms with E-state index < -0.39 is 24.6 Å². The Morgan fingerprint density at radius 3 is 2.24 bits per heavy atom.